The smallest absolute Gasteiger partial charge is 0.408 e. The van der Waals surface area contributed by atoms with Gasteiger partial charge >= 0.3 is 6.09 Å². The van der Waals surface area contributed by atoms with Crippen LogP contribution >= 0.6 is 12.6 Å². The van der Waals surface area contributed by atoms with Crippen molar-refractivity contribution in [1.29, 1.82) is 0 Å². The molecule has 5 nitrogen and oxygen atoms in total. The van der Waals surface area contributed by atoms with E-state index in [1.165, 1.54) is 5.69 Å². The molecule has 25 heavy (non-hydrogen) atoms. The van der Waals surface area contributed by atoms with E-state index in [1.807, 2.05) is 0 Å². The van der Waals surface area contributed by atoms with E-state index >= 15 is 0 Å². The SMILES string of the molecule is CCN(CC)c1ccc(CC[C@@H](NC(=O)OC(C)(C)C)C(=O)S)cc1. The van der Waals surface area contributed by atoms with Crippen molar-refractivity contribution in [2.45, 2.75) is 59.1 Å². The summed E-state index contributed by atoms with van der Waals surface area (Å²) in [6.07, 6.45) is 0.550. The minimum absolute atomic E-state index is 0.370. The van der Waals surface area contributed by atoms with Gasteiger partial charge in [0, 0.05) is 18.8 Å². The molecule has 1 aromatic carbocycles. The lowest BCUT2D eigenvalue weighted by Crippen LogP contribution is -2.42. The fourth-order valence-corrected chi connectivity index (χ4v) is 2.67. The molecule has 1 rings (SSSR count). The molecule has 1 atom stereocenters. The van der Waals surface area contributed by atoms with Gasteiger partial charge in [-0.25, -0.2) is 4.79 Å². The minimum atomic E-state index is -0.666. The quantitative estimate of drug-likeness (QED) is 0.687. The molecule has 0 unspecified atom stereocenters. The monoisotopic (exact) mass is 366 g/mol. The number of nitrogens with zero attached hydrogens (tertiary/aromatic N) is 1. The Labute approximate surface area is 156 Å². The lowest BCUT2D eigenvalue weighted by atomic mass is 10.1. The van der Waals surface area contributed by atoms with Gasteiger partial charge in [0.2, 0.25) is 5.12 Å². The van der Waals surface area contributed by atoms with Crippen molar-refractivity contribution in [2.75, 3.05) is 18.0 Å². The molecule has 1 N–H and O–H groups in total. The van der Waals surface area contributed by atoms with E-state index in [1.54, 1.807) is 20.8 Å². The summed E-state index contributed by atoms with van der Waals surface area (Å²) in [4.78, 5) is 25.8. The van der Waals surface area contributed by atoms with Gasteiger partial charge < -0.3 is 15.0 Å². The van der Waals surface area contributed by atoms with Gasteiger partial charge in [-0.2, -0.15) is 0 Å². The number of alkyl carbamates (subject to hydrolysis) is 1. The second kappa shape index (κ2) is 9.70. The first-order valence-electron chi connectivity index (χ1n) is 8.72. The van der Waals surface area contributed by atoms with Gasteiger partial charge in [0.05, 0.1) is 0 Å². The first-order chi connectivity index (χ1) is 11.7. The van der Waals surface area contributed by atoms with Crippen LogP contribution in [-0.2, 0) is 16.0 Å². The first-order valence-corrected chi connectivity index (χ1v) is 9.17. The minimum Gasteiger partial charge on any atom is -0.444 e. The Balaban J connectivity index is 2.63. The number of aryl methyl sites for hydroxylation is 1. The highest BCUT2D eigenvalue weighted by Gasteiger charge is 2.22. The average Bonchev–Trinajstić information content (AvgIpc) is 2.51. The number of carbonyl (C=O) groups is 2. The van der Waals surface area contributed by atoms with Crippen LogP contribution in [0.4, 0.5) is 10.5 Å². The number of thiol groups is 1. The summed E-state index contributed by atoms with van der Waals surface area (Å²) in [7, 11) is 0. The third-order valence-electron chi connectivity index (χ3n) is 3.78. The predicted octanol–water partition coefficient (Wildman–Crippen LogP) is 3.82. The molecule has 0 saturated heterocycles. The Morgan fingerprint density at radius 3 is 2.16 bits per heavy atom. The molecule has 0 aliphatic carbocycles. The summed E-state index contributed by atoms with van der Waals surface area (Å²) >= 11 is 3.88. The van der Waals surface area contributed by atoms with E-state index in [0.717, 1.165) is 18.7 Å². The molecule has 0 fully saturated rings. The number of hydrogen-bond acceptors (Lipinski definition) is 4. The van der Waals surface area contributed by atoms with Crippen LogP contribution in [0.5, 0.6) is 0 Å². The van der Waals surface area contributed by atoms with Crippen LogP contribution in [0, 0.1) is 0 Å². The van der Waals surface area contributed by atoms with Crippen LogP contribution in [-0.4, -0.2) is 35.9 Å². The fourth-order valence-electron chi connectivity index (χ4n) is 2.48. The van der Waals surface area contributed by atoms with Crippen LogP contribution in [0.2, 0.25) is 0 Å². The van der Waals surface area contributed by atoms with Gasteiger partial charge in [0.15, 0.2) is 0 Å². The highest BCUT2D eigenvalue weighted by Crippen LogP contribution is 2.17. The molecule has 1 aromatic rings. The summed E-state index contributed by atoms with van der Waals surface area (Å²) in [5.41, 5.74) is 1.69. The summed E-state index contributed by atoms with van der Waals surface area (Å²) in [6, 6.07) is 7.62. The Morgan fingerprint density at radius 2 is 1.72 bits per heavy atom. The number of rotatable bonds is 8. The molecule has 0 radical (unpaired) electrons. The number of carbonyl (C=O) groups excluding carboxylic acids is 2. The molecule has 0 saturated carbocycles. The van der Waals surface area contributed by atoms with Gasteiger partial charge in [0.25, 0.3) is 0 Å². The summed E-state index contributed by atoms with van der Waals surface area (Å²) in [5, 5.41) is 2.23. The van der Waals surface area contributed by atoms with Crippen molar-refractivity contribution >= 4 is 29.5 Å². The molecule has 1 amide bonds. The third kappa shape index (κ3) is 7.82. The lowest BCUT2D eigenvalue weighted by molar-refractivity contribution is -0.112. The van der Waals surface area contributed by atoms with E-state index in [4.69, 9.17) is 4.74 Å². The largest absolute Gasteiger partial charge is 0.444 e. The molecule has 0 aliphatic heterocycles. The van der Waals surface area contributed by atoms with E-state index in [9.17, 15) is 9.59 Å². The molecule has 140 valence electrons. The molecule has 0 bridgehead atoms. The Hall–Kier alpha value is -1.69. The number of amides is 1. The van der Waals surface area contributed by atoms with Crippen molar-refractivity contribution in [3.05, 3.63) is 29.8 Å². The molecule has 6 heteroatoms. The van der Waals surface area contributed by atoms with E-state index < -0.39 is 17.7 Å². The van der Waals surface area contributed by atoms with Crippen LogP contribution in [0.25, 0.3) is 0 Å². The van der Waals surface area contributed by atoms with Gasteiger partial charge in [-0.3, -0.25) is 4.79 Å². The second-order valence-electron chi connectivity index (χ2n) is 6.91. The number of hydrogen-bond donors (Lipinski definition) is 2. The lowest BCUT2D eigenvalue weighted by Gasteiger charge is -2.22. The summed E-state index contributed by atoms with van der Waals surface area (Å²) in [5.74, 6) is 0. The second-order valence-corrected chi connectivity index (χ2v) is 7.36. The highest BCUT2D eigenvalue weighted by atomic mass is 32.1. The Morgan fingerprint density at radius 1 is 1.16 bits per heavy atom. The van der Waals surface area contributed by atoms with Crippen LogP contribution < -0.4 is 10.2 Å². The van der Waals surface area contributed by atoms with E-state index in [-0.39, 0.29) is 5.12 Å². The first kappa shape index (κ1) is 21.4. The zero-order valence-electron chi connectivity index (χ0n) is 15.8. The van der Waals surface area contributed by atoms with Crippen molar-refractivity contribution in [1.82, 2.24) is 5.32 Å². The van der Waals surface area contributed by atoms with E-state index in [2.05, 4.69) is 61.0 Å². The maximum atomic E-state index is 11.8. The molecular weight excluding hydrogens is 336 g/mol. The molecule has 0 heterocycles. The molecule has 0 aromatic heterocycles. The van der Waals surface area contributed by atoms with Crippen LogP contribution in [0.1, 0.15) is 46.6 Å². The molecule has 0 aliphatic rings. The predicted molar refractivity (Wildman–Crippen MR) is 105 cm³/mol. The third-order valence-corrected chi connectivity index (χ3v) is 4.09. The molecule has 0 spiro atoms. The topological polar surface area (TPSA) is 58.6 Å². The fraction of sp³-hybridized carbons (Fsp3) is 0.579. The van der Waals surface area contributed by atoms with Crippen molar-refractivity contribution in [3.8, 4) is 0 Å². The zero-order valence-corrected chi connectivity index (χ0v) is 16.7. The highest BCUT2D eigenvalue weighted by molar-refractivity contribution is 7.96. The normalized spacial score (nSPS) is 12.4. The van der Waals surface area contributed by atoms with Crippen molar-refractivity contribution in [3.63, 3.8) is 0 Å². The Bertz CT molecular complexity index is 563. The number of anilines is 1. The number of ether oxygens (including phenoxy) is 1. The van der Waals surface area contributed by atoms with Crippen LogP contribution in [0.15, 0.2) is 24.3 Å². The van der Waals surface area contributed by atoms with E-state index in [0.29, 0.717) is 12.8 Å². The maximum Gasteiger partial charge on any atom is 0.408 e. The van der Waals surface area contributed by atoms with Crippen molar-refractivity contribution in [2.24, 2.45) is 0 Å². The van der Waals surface area contributed by atoms with Gasteiger partial charge in [0.1, 0.15) is 11.6 Å². The van der Waals surface area contributed by atoms with Gasteiger partial charge in [-0.05, 0) is 65.2 Å². The summed E-state index contributed by atoms with van der Waals surface area (Å²) in [6.45, 7) is 11.5. The average molecular weight is 367 g/mol. The zero-order chi connectivity index (χ0) is 19.0. The molecular formula is C19H30N2O3S. The van der Waals surface area contributed by atoms with Crippen LogP contribution in [0.3, 0.4) is 0 Å². The van der Waals surface area contributed by atoms with Gasteiger partial charge in [-0.15, -0.1) is 12.6 Å². The maximum absolute atomic E-state index is 11.8. The summed E-state index contributed by atoms with van der Waals surface area (Å²) < 4.78 is 5.20. The number of benzene rings is 1. The standard InChI is InChI=1S/C19H30N2O3S/c1-6-21(7-2)15-11-8-14(9-12-15)10-13-16(17(22)25)20-18(23)24-19(3,4)5/h8-9,11-12,16H,6-7,10,13H2,1-5H3,(H,20,23)(H,22,25)/t16-/m1/s1. The number of nitrogens with one attached hydrogen (secondary N) is 1. The van der Waals surface area contributed by atoms with Crippen molar-refractivity contribution < 1.29 is 14.3 Å². The Kier molecular flexibility index (Phi) is 8.29. The van der Waals surface area contributed by atoms with Gasteiger partial charge in [-0.1, -0.05) is 12.1 Å².